The second-order valence-electron chi connectivity index (χ2n) is 10.8. The van der Waals surface area contributed by atoms with E-state index in [0.717, 1.165) is 73.3 Å². The highest BCUT2D eigenvalue weighted by Gasteiger charge is 2.54. The minimum Gasteiger partial charge on any atom is -0.504 e. The molecule has 33 heavy (non-hydrogen) atoms. The lowest BCUT2D eigenvalue weighted by atomic mass is 9.49. The molecule has 7 heteroatoms. The molecule has 1 aliphatic heterocycles. The van der Waals surface area contributed by atoms with E-state index in [2.05, 4.69) is 20.2 Å². The number of fused-ring (bicyclic) bond motifs is 1. The maximum absolute atomic E-state index is 13.5. The summed E-state index contributed by atoms with van der Waals surface area (Å²) in [4.78, 5) is 24.9. The number of phenols is 1. The molecule has 4 aliphatic carbocycles. The van der Waals surface area contributed by atoms with E-state index in [0.29, 0.717) is 18.1 Å². The molecule has 4 saturated carbocycles. The molecule has 0 spiro atoms. The number of methoxy groups -OCH3 is 1. The first-order chi connectivity index (χ1) is 16.0. The first-order valence-corrected chi connectivity index (χ1v) is 12.2. The molecule has 4 bridgehead atoms. The van der Waals surface area contributed by atoms with Crippen molar-refractivity contribution in [2.75, 3.05) is 19.0 Å². The smallest absolute Gasteiger partial charge is 0.231 e. The number of amides is 1. The molecular formula is C26H32N4O3. The van der Waals surface area contributed by atoms with Crippen molar-refractivity contribution in [3.05, 3.63) is 41.3 Å². The number of aromatic nitrogens is 2. The summed E-state index contributed by atoms with van der Waals surface area (Å²) in [6.07, 6.45) is 9.54. The maximum atomic E-state index is 13.5. The molecule has 0 radical (unpaired) electrons. The highest BCUT2D eigenvalue weighted by Crippen LogP contribution is 2.60. The van der Waals surface area contributed by atoms with E-state index < -0.39 is 0 Å². The van der Waals surface area contributed by atoms with Crippen molar-refractivity contribution in [3.8, 4) is 11.5 Å². The van der Waals surface area contributed by atoms with Gasteiger partial charge in [0.05, 0.1) is 18.2 Å². The fourth-order valence-electron chi connectivity index (χ4n) is 7.37. The minimum absolute atomic E-state index is 0.157. The quantitative estimate of drug-likeness (QED) is 0.721. The number of nitrogens with zero attached hydrogens (tertiary/aromatic N) is 3. The topological polar surface area (TPSA) is 87.6 Å². The SMILES string of the molecule is COc1ccc(CN2CCc3c(ncnc3NC(=O)C34CC5CC(CC(C5)C3)C4)C2)cc1O. The van der Waals surface area contributed by atoms with E-state index >= 15 is 0 Å². The molecule has 7 nitrogen and oxygen atoms in total. The zero-order chi connectivity index (χ0) is 22.6. The number of carbonyl (C=O) groups is 1. The molecule has 0 saturated heterocycles. The van der Waals surface area contributed by atoms with Crippen molar-refractivity contribution in [1.29, 1.82) is 0 Å². The molecule has 1 aromatic heterocycles. The van der Waals surface area contributed by atoms with Gasteiger partial charge in [0.1, 0.15) is 12.1 Å². The third kappa shape index (κ3) is 3.76. The molecular weight excluding hydrogens is 416 g/mol. The third-order valence-corrected chi connectivity index (χ3v) is 8.49. The Labute approximate surface area is 194 Å². The van der Waals surface area contributed by atoms with Gasteiger partial charge in [-0.1, -0.05) is 6.07 Å². The predicted octanol–water partition coefficient (Wildman–Crippen LogP) is 3.90. The number of phenolic OH excluding ortho intramolecular Hbond substituents is 1. The summed E-state index contributed by atoms with van der Waals surface area (Å²) in [5.74, 6) is 3.77. The van der Waals surface area contributed by atoms with Crippen LogP contribution in [0.3, 0.4) is 0 Å². The standard InChI is InChI=1S/C26H32N4O3/c1-33-23-3-2-16(9-22(23)31)13-30-5-4-20-21(14-30)27-15-28-24(20)29-25(32)26-10-17-6-18(11-26)8-19(7-17)12-26/h2-3,9,15,17-19,31H,4-8,10-14H2,1H3,(H,27,28,29,32). The van der Waals surface area contributed by atoms with E-state index in [1.807, 2.05) is 6.07 Å². The van der Waals surface area contributed by atoms with Crippen LogP contribution in [0.4, 0.5) is 5.82 Å². The zero-order valence-corrected chi connectivity index (χ0v) is 19.2. The number of ether oxygens (including phenoxy) is 1. The molecule has 5 aliphatic rings. The minimum atomic E-state index is -0.177. The Morgan fingerprint density at radius 1 is 1.18 bits per heavy atom. The van der Waals surface area contributed by atoms with Gasteiger partial charge in [-0.25, -0.2) is 9.97 Å². The normalized spacial score (nSPS) is 30.2. The summed E-state index contributed by atoms with van der Waals surface area (Å²) in [6.45, 7) is 2.27. The maximum Gasteiger partial charge on any atom is 0.231 e. The summed E-state index contributed by atoms with van der Waals surface area (Å²) in [5, 5.41) is 13.3. The fraction of sp³-hybridized carbons (Fsp3) is 0.577. The molecule has 2 heterocycles. The van der Waals surface area contributed by atoms with E-state index in [-0.39, 0.29) is 17.1 Å². The number of hydrogen-bond donors (Lipinski definition) is 2. The number of aromatic hydroxyl groups is 1. The van der Waals surface area contributed by atoms with Gasteiger partial charge >= 0.3 is 0 Å². The Balaban J connectivity index is 1.16. The first-order valence-electron chi connectivity index (χ1n) is 12.2. The molecule has 174 valence electrons. The number of anilines is 1. The fourth-order valence-corrected chi connectivity index (χ4v) is 7.37. The summed E-state index contributed by atoms with van der Waals surface area (Å²) in [5.41, 5.74) is 2.91. The molecule has 4 fully saturated rings. The zero-order valence-electron chi connectivity index (χ0n) is 19.2. The van der Waals surface area contributed by atoms with Crippen LogP contribution < -0.4 is 10.1 Å². The van der Waals surface area contributed by atoms with Crippen LogP contribution in [0, 0.1) is 23.2 Å². The summed E-state index contributed by atoms with van der Waals surface area (Å²) in [7, 11) is 1.55. The van der Waals surface area contributed by atoms with Crippen LogP contribution in [0.25, 0.3) is 0 Å². The lowest BCUT2D eigenvalue weighted by Gasteiger charge is -2.55. The van der Waals surface area contributed by atoms with Gasteiger partial charge in [0.15, 0.2) is 11.5 Å². The third-order valence-electron chi connectivity index (χ3n) is 8.49. The molecule has 0 atom stereocenters. The van der Waals surface area contributed by atoms with Crippen LogP contribution in [0.5, 0.6) is 11.5 Å². The van der Waals surface area contributed by atoms with E-state index in [1.54, 1.807) is 25.6 Å². The van der Waals surface area contributed by atoms with Crippen molar-refractivity contribution in [1.82, 2.24) is 14.9 Å². The molecule has 0 unspecified atom stereocenters. The highest BCUT2D eigenvalue weighted by molar-refractivity contribution is 5.95. The van der Waals surface area contributed by atoms with Crippen molar-refractivity contribution in [2.45, 2.75) is 58.0 Å². The van der Waals surface area contributed by atoms with Gasteiger partial charge in [0, 0.05) is 25.2 Å². The van der Waals surface area contributed by atoms with Crippen molar-refractivity contribution >= 4 is 11.7 Å². The van der Waals surface area contributed by atoms with Gasteiger partial charge in [-0.3, -0.25) is 9.69 Å². The molecule has 7 rings (SSSR count). The predicted molar refractivity (Wildman–Crippen MR) is 124 cm³/mol. The Morgan fingerprint density at radius 2 is 1.91 bits per heavy atom. The van der Waals surface area contributed by atoms with Crippen LogP contribution in [0.15, 0.2) is 24.5 Å². The Kier molecular flexibility index (Phi) is 5.05. The Bertz CT molecular complexity index is 1050. The lowest BCUT2D eigenvalue weighted by Crippen LogP contribution is -2.52. The molecule has 1 amide bonds. The van der Waals surface area contributed by atoms with Gasteiger partial charge in [-0.05, 0) is 80.4 Å². The van der Waals surface area contributed by atoms with Crippen molar-refractivity contribution < 1.29 is 14.6 Å². The molecule has 1 aromatic carbocycles. The number of benzene rings is 1. The van der Waals surface area contributed by atoms with Crippen molar-refractivity contribution in [3.63, 3.8) is 0 Å². The van der Waals surface area contributed by atoms with Gasteiger partial charge in [0.25, 0.3) is 0 Å². The Hall–Kier alpha value is -2.67. The average Bonchev–Trinajstić information content (AvgIpc) is 2.78. The van der Waals surface area contributed by atoms with Gasteiger partial charge in [0.2, 0.25) is 5.91 Å². The molecule has 2 N–H and O–H groups in total. The van der Waals surface area contributed by atoms with Gasteiger partial charge in [-0.2, -0.15) is 0 Å². The average molecular weight is 449 g/mol. The summed E-state index contributed by atoms with van der Waals surface area (Å²) in [6, 6.07) is 5.53. The number of carbonyl (C=O) groups excluding carboxylic acids is 1. The van der Waals surface area contributed by atoms with Crippen LogP contribution in [-0.4, -0.2) is 39.5 Å². The number of nitrogens with one attached hydrogen (secondary N) is 1. The first kappa shape index (κ1) is 20.9. The number of hydrogen-bond acceptors (Lipinski definition) is 6. The summed E-state index contributed by atoms with van der Waals surface area (Å²) < 4.78 is 5.14. The highest BCUT2D eigenvalue weighted by atomic mass is 16.5. The van der Waals surface area contributed by atoms with Crippen molar-refractivity contribution in [2.24, 2.45) is 23.2 Å². The largest absolute Gasteiger partial charge is 0.504 e. The monoisotopic (exact) mass is 448 g/mol. The van der Waals surface area contributed by atoms with E-state index in [9.17, 15) is 9.90 Å². The molecule has 2 aromatic rings. The second-order valence-corrected chi connectivity index (χ2v) is 10.8. The van der Waals surface area contributed by atoms with E-state index in [4.69, 9.17) is 4.74 Å². The summed E-state index contributed by atoms with van der Waals surface area (Å²) >= 11 is 0. The Morgan fingerprint density at radius 3 is 2.58 bits per heavy atom. The van der Waals surface area contributed by atoms with Gasteiger partial charge in [-0.15, -0.1) is 0 Å². The van der Waals surface area contributed by atoms with Crippen LogP contribution in [0.1, 0.15) is 55.3 Å². The number of rotatable bonds is 5. The van der Waals surface area contributed by atoms with Gasteiger partial charge < -0.3 is 15.2 Å². The van der Waals surface area contributed by atoms with Crippen LogP contribution in [0.2, 0.25) is 0 Å². The second kappa shape index (κ2) is 7.97. The van der Waals surface area contributed by atoms with Crippen LogP contribution in [-0.2, 0) is 24.3 Å². The lowest BCUT2D eigenvalue weighted by molar-refractivity contribution is -0.140. The van der Waals surface area contributed by atoms with E-state index in [1.165, 1.54) is 19.3 Å². The van der Waals surface area contributed by atoms with Crippen LogP contribution >= 0.6 is 0 Å².